The van der Waals surface area contributed by atoms with Gasteiger partial charge in [0.05, 0.1) is 12.7 Å². The molecule has 0 bridgehead atoms. The molecule has 0 spiro atoms. The van der Waals surface area contributed by atoms with Crippen LogP contribution >= 0.6 is 0 Å². The van der Waals surface area contributed by atoms with Crippen LogP contribution < -0.4 is 4.74 Å². The summed E-state index contributed by atoms with van der Waals surface area (Å²) in [6, 6.07) is 7.44. The number of allylic oxidation sites excluding steroid dienone is 2. The lowest BCUT2D eigenvalue weighted by atomic mass is 9.93. The normalized spacial score (nSPS) is 15.2. The van der Waals surface area contributed by atoms with Crippen molar-refractivity contribution in [3.8, 4) is 5.75 Å². The molecule has 0 heterocycles. The number of para-hydroxylation sites is 1. The summed E-state index contributed by atoms with van der Waals surface area (Å²) in [5.41, 5.74) is 1.98. The van der Waals surface area contributed by atoms with E-state index in [9.17, 15) is 4.79 Å². The smallest absolute Gasteiger partial charge is 0.170 e. The molecular formula is C15H18O2. The van der Waals surface area contributed by atoms with Gasteiger partial charge in [0, 0.05) is 6.42 Å². The number of carbonyl (C=O) groups excluding carboxylic acids is 1. The fraction of sp³-hybridized carbons (Fsp3) is 0.400. The molecule has 0 atom stereocenters. The molecule has 0 saturated heterocycles. The van der Waals surface area contributed by atoms with E-state index >= 15 is 0 Å². The molecule has 1 aliphatic carbocycles. The summed E-state index contributed by atoms with van der Waals surface area (Å²) in [6.45, 7) is 0. The summed E-state index contributed by atoms with van der Waals surface area (Å²) >= 11 is 0. The highest BCUT2D eigenvalue weighted by atomic mass is 16.5. The Balaban J connectivity index is 2.11. The Bertz CT molecular complexity index is 432. The highest BCUT2D eigenvalue weighted by molar-refractivity contribution is 6.00. The summed E-state index contributed by atoms with van der Waals surface area (Å²) in [4.78, 5) is 12.2. The lowest BCUT2D eigenvalue weighted by molar-refractivity contribution is 0.0988. The second-order valence-electron chi connectivity index (χ2n) is 4.41. The minimum absolute atomic E-state index is 0.163. The first-order chi connectivity index (χ1) is 8.31. The molecule has 0 unspecified atom stereocenters. The highest BCUT2D eigenvalue weighted by Gasteiger charge is 2.14. The molecule has 0 fully saturated rings. The predicted molar refractivity (Wildman–Crippen MR) is 68.5 cm³/mol. The van der Waals surface area contributed by atoms with Gasteiger partial charge in [0.1, 0.15) is 5.75 Å². The third-order valence-electron chi connectivity index (χ3n) is 3.18. The number of methoxy groups -OCH3 is 1. The van der Waals surface area contributed by atoms with Crippen LogP contribution in [0.1, 0.15) is 42.5 Å². The van der Waals surface area contributed by atoms with Gasteiger partial charge >= 0.3 is 0 Å². The largest absolute Gasteiger partial charge is 0.496 e. The average molecular weight is 230 g/mol. The van der Waals surface area contributed by atoms with Crippen LogP contribution in [0.25, 0.3) is 0 Å². The maximum Gasteiger partial charge on any atom is 0.170 e. The molecule has 2 heteroatoms. The molecule has 0 N–H and O–H groups in total. The molecule has 0 radical (unpaired) electrons. The minimum atomic E-state index is 0.163. The number of Topliss-reactive ketones (excluding diaryl/α,β-unsaturated/α-hetero) is 1. The maximum absolute atomic E-state index is 12.2. The van der Waals surface area contributed by atoms with Gasteiger partial charge in [-0.3, -0.25) is 4.79 Å². The van der Waals surface area contributed by atoms with Crippen molar-refractivity contribution < 1.29 is 9.53 Å². The molecule has 90 valence electrons. The molecular weight excluding hydrogens is 212 g/mol. The van der Waals surface area contributed by atoms with Crippen molar-refractivity contribution in [2.75, 3.05) is 7.11 Å². The molecule has 2 rings (SSSR count). The van der Waals surface area contributed by atoms with Gasteiger partial charge in [-0.1, -0.05) is 23.8 Å². The molecule has 1 aliphatic rings. The van der Waals surface area contributed by atoms with Crippen LogP contribution in [-0.2, 0) is 0 Å². The van der Waals surface area contributed by atoms with E-state index in [2.05, 4.69) is 6.08 Å². The Labute approximate surface area is 102 Å². The highest BCUT2D eigenvalue weighted by Crippen LogP contribution is 2.25. The maximum atomic E-state index is 12.2. The fourth-order valence-electron chi connectivity index (χ4n) is 2.24. The average Bonchev–Trinajstić information content (AvgIpc) is 2.40. The quantitative estimate of drug-likeness (QED) is 0.581. The zero-order chi connectivity index (χ0) is 12.1. The molecule has 1 aromatic rings. The van der Waals surface area contributed by atoms with Crippen molar-refractivity contribution in [3.05, 3.63) is 41.5 Å². The van der Waals surface area contributed by atoms with Gasteiger partial charge < -0.3 is 4.74 Å². The molecule has 2 nitrogen and oxygen atoms in total. The zero-order valence-electron chi connectivity index (χ0n) is 10.2. The summed E-state index contributed by atoms with van der Waals surface area (Å²) < 4.78 is 5.22. The van der Waals surface area contributed by atoms with Crippen LogP contribution in [0.4, 0.5) is 0 Å². The first kappa shape index (κ1) is 11.9. The molecule has 0 aromatic heterocycles. The van der Waals surface area contributed by atoms with Crippen LogP contribution in [0.5, 0.6) is 5.75 Å². The van der Waals surface area contributed by atoms with Crippen LogP contribution in [0.15, 0.2) is 35.9 Å². The van der Waals surface area contributed by atoms with E-state index in [1.165, 1.54) is 18.4 Å². The Morgan fingerprint density at radius 3 is 2.82 bits per heavy atom. The van der Waals surface area contributed by atoms with Gasteiger partial charge in [0.25, 0.3) is 0 Å². The van der Waals surface area contributed by atoms with E-state index in [0.717, 1.165) is 12.8 Å². The van der Waals surface area contributed by atoms with E-state index < -0.39 is 0 Å². The van der Waals surface area contributed by atoms with E-state index in [1.54, 1.807) is 7.11 Å². The van der Waals surface area contributed by atoms with E-state index in [4.69, 9.17) is 4.74 Å². The third-order valence-corrected chi connectivity index (χ3v) is 3.18. The molecule has 0 aliphatic heterocycles. The Morgan fingerprint density at radius 2 is 2.12 bits per heavy atom. The topological polar surface area (TPSA) is 26.3 Å². The standard InChI is InChI=1S/C15H18O2/c1-17-15-10-6-5-9-13(15)14(16)11-12-7-3-2-4-8-12/h5-7,9-10H,2-4,8,11H2,1H3. The summed E-state index contributed by atoms with van der Waals surface area (Å²) in [5, 5.41) is 0. The molecule has 0 amide bonds. The number of carbonyl (C=O) groups is 1. The molecule has 1 aromatic carbocycles. The lowest BCUT2D eigenvalue weighted by Crippen LogP contribution is -2.05. The van der Waals surface area contributed by atoms with Gasteiger partial charge in [0.15, 0.2) is 5.78 Å². The number of rotatable bonds is 4. The van der Waals surface area contributed by atoms with E-state index in [0.29, 0.717) is 17.7 Å². The molecule has 0 saturated carbocycles. The number of hydrogen-bond acceptors (Lipinski definition) is 2. The Kier molecular flexibility index (Phi) is 3.97. The summed E-state index contributed by atoms with van der Waals surface area (Å²) in [5.74, 6) is 0.838. The van der Waals surface area contributed by atoms with Crippen molar-refractivity contribution in [2.24, 2.45) is 0 Å². The van der Waals surface area contributed by atoms with Gasteiger partial charge in [-0.25, -0.2) is 0 Å². The third kappa shape index (κ3) is 2.96. The number of ketones is 1. The van der Waals surface area contributed by atoms with Crippen molar-refractivity contribution in [2.45, 2.75) is 32.1 Å². The van der Waals surface area contributed by atoms with Crippen molar-refractivity contribution >= 4 is 5.78 Å². The second-order valence-corrected chi connectivity index (χ2v) is 4.41. The van der Waals surface area contributed by atoms with E-state index in [-0.39, 0.29) is 5.78 Å². The van der Waals surface area contributed by atoms with Crippen molar-refractivity contribution in [1.82, 2.24) is 0 Å². The zero-order valence-corrected chi connectivity index (χ0v) is 10.2. The first-order valence-electron chi connectivity index (χ1n) is 6.15. The number of hydrogen-bond donors (Lipinski definition) is 0. The van der Waals surface area contributed by atoms with E-state index in [1.807, 2.05) is 24.3 Å². The summed E-state index contributed by atoms with van der Waals surface area (Å²) in [7, 11) is 1.60. The fourth-order valence-corrected chi connectivity index (χ4v) is 2.24. The summed E-state index contributed by atoms with van der Waals surface area (Å²) in [6.07, 6.45) is 7.42. The van der Waals surface area contributed by atoms with Gasteiger partial charge in [-0.15, -0.1) is 0 Å². The first-order valence-corrected chi connectivity index (χ1v) is 6.15. The SMILES string of the molecule is COc1ccccc1C(=O)CC1=CCCCC1. The molecule has 17 heavy (non-hydrogen) atoms. The number of benzene rings is 1. The van der Waals surface area contributed by atoms with Gasteiger partial charge in [0.2, 0.25) is 0 Å². The monoisotopic (exact) mass is 230 g/mol. The van der Waals surface area contributed by atoms with Gasteiger partial charge in [-0.05, 0) is 37.8 Å². The Hall–Kier alpha value is -1.57. The van der Waals surface area contributed by atoms with Crippen LogP contribution in [0.2, 0.25) is 0 Å². The van der Waals surface area contributed by atoms with Gasteiger partial charge in [-0.2, -0.15) is 0 Å². The Morgan fingerprint density at radius 1 is 1.29 bits per heavy atom. The van der Waals surface area contributed by atoms with Crippen LogP contribution in [0, 0.1) is 0 Å². The van der Waals surface area contributed by atoms with Crippen LogP contribution in [0.3, 0.4) is 0 Å². The lowest BCUT2D eigenvalue weighted by Gasteiger charge is -2.13. The van der Waals surface area contributed by atoms with Crippen molar-refractivity contribution in [3.63, 3.8) is 0 Å². The second kappa shape index (κ2) is 5.67. The minimum Gasteiger partial charge on any atom is -0.496 e. The van der Waals surface area contributed by atoms with Crippen LogP contribution in [-0.4, -0.2) is 12.9 Å². The van der Waals surface area contributed by atoms with Crippen molar-refractivity contribution in [1.29, 1.82) is 0 Å². The number of ether oxygens (including phenoxy) is 1. The predicted octanol–water partition coefficient (Wildman–Crippen LogP) is 3.77.